The van der Waals surface area contributed by atoms with Crippen LogP contribution in [0.5, 0.6) is 5.75 Å². The SMILES string of the molecule is COc1cc(C)ccc1S(=O)(=O)N1CCN(c2nc3cc(C#N)ccc3nc2NC2CC2)CC1.O=C(O)C(F)(F)F. The molecule has 1 aliphatic carbocycles. The Labute approximate surface area is 234 Å². The third-order valence-corrected chi connectivity index (χ3v) is 8.35. The van der Waals surface area contributed by atoms with Gasteiger partial charge in [-0.3, -0.25) is 0 Å². The highest BCUT2D eigenvalue weighted by atomic mass is 32.2. The van der Waals surface area contributed by atoms with Crippen molar-refractivity contribution in [1.82, 2.24) is 14.3 Å². The maximum absolute atomic E-state index is 13.3. The zero-order chi connectivity index (χ0) is 29.9. The van der Waals surface area contributed by atoms with E-state index in [0.717, 1.165) is 23.9 Å². The van der Waals surface area contributed by atoms with Crippen LogP contribution in [0.15, 0.2) is 41.3 Å². The van der Waals surface area contributed by atoms with Crippen molar-refractivity contribution in [2.45, 2.75) is 36.9 Å². The number of nitriles is 1. The highest BCUT2D eigenvalue weighted by molar-refractivity contribution is 7.89. The number of methoxy groups -OCH3 is 1. The van der Waals surface area contributed by atoms with Gasteiger partial charge in [0, 0.05) is 32.2 Å². The van der Waals surface area contributed by atoms with E-state index in [9.17, 15) is 26.9 Å². The number of aromatic nitrogens is 2. The Morgan fingerprint density at radius 2 is 1.76 bits per heavy atom. The van der Waals surface area contributed by atoms with Gasteiger partial charge in [0.1, 0.15) is 10.6 Å². The zero-order valence-electron chi connectivity index (χ0n) is 22.1. The number of alkyl halides is 3. The van der Waals surface area contributed by atoms with Crippen molar-refractivity contribution in [3.8, 4) is 11.8 Å². The molecule has 11 nitrogen and oxygen atoms in total. The molecule has 0 unspecified atom stereocenters. The second-order valence-corrected chi connectivity index (χ2v) is 11.4. The first kappa shape index (κ1) is 29.8. The highest BCUT2D eigenvalue weighted by Gasteiger charge is 2.38. The Balaban J connectivity index is 0.000000493. The van der Waals surface area contributed by atoms with Crippen molar-refractivity contribution in [3.63, 3.8) is 0 Å². The van der Waals surface area contributed by atoms with Crippen molar-refractivity contribution in [2.75, 3.05) is 43.5 Å². The highest BCUT2D eigenvalue weighted by Crippen LogP contribution is 2.33. The molecule has 2 heterocycles. The summed E-state index contributed by atoms with van der Waals surface area (Å²) < 4.78 is 65.3. The standard InChI is InChI=1S/C24H26N6O3S.C2HF3O2/c1-16-3-8-22(21(13-16)33-2)34(31,32)30-11-9-29(10-12-30)24-23(26-18-5-6-18)27-19-7-4-17(15-25)14-20(19)28-24;3-2(4,5)1(6)7/h3-4,7-8,13-14,18H,5-6,9-12H2,1-2H3,(H,26,27);(H,6,7). The van der Waals surface area contributed by atoms with Crippen LogP contribution in [0.4, 0.5) is 24.8 Å². The Morgan fingerprint density at radius 3 is 2.32 bits per heavy atom. The lowest BCUT2D eigenvalue weighted by atomic mass is 10.2. The molecule has 0 radical (unpaired) electrons. The lowest BCUT2D eigenvalue weighted by Crippen LogP contribution is -2.49. The molecule has 3 aromatic rings. The topological polar surface area (TPSA) is 149 Å². The van der Waals surface area contributed by atoms with Crippen LogP contribution in [0.1, 0.15) is 24.0 Å². The van der Waals surface area contributed by atoms with Crippen LogP contribution in [-0.2, 0) is 14.8 Å². The maximum Gasteiger partial charge on any atom is 0.490 e. The predicted molar refractivity (Wildman–Crippen MR) is 143 cm³/mol. The molecule has 1 saturated heterocycles. The number of aliphatic carboxylic acids is 1. The van der Waals surface area contributed by atoms with Gasteiger partial charge in [0.15, 0.2) is 11.6 Å². The van der Waals surface area contributed by atoms with Crippen LogP contribution in [0.25, 0.3) is 11.0 Å². The number of nitrogens with one attached hydrogen (secondary N) is 1. The quantitative estimate of drug-likeness (QED) is 0.435. The van der Waals surface area contributed by atoms with Crippen LogP contribution < -0.4 is 15.0 Å². The van der Waals surface area contributed by atoms with Crippen molar-refractivity contribution in [2.24, 2.45) is 0 Å². The third-order valence-electron chi connectivity index (χ3n) is 6.41. The number of nitrogens with zero attached hydrogens (tertiary/aromatic N) is 5. The largest absolute Gasteiger partial charge is 0.495 e. The first-order valence-corrected chi connectivity index (χ1v) is 14.0. The molecule has 2 aliphatic rings. The molecule has 0 bridgehead atoms. The van der Waals surface area contributed by atoms with Gasteiger partial charge in [-0.1, -0.05) is 6.07 Å². The molecule has 0 spiro atoms. The Kier molecular flexibility index (Phi) is 8.55. The number of hydrogen-bond acceptors (Lipinski definition) is 9. The summed E-state index contributed by atoms with van der Waals surface area (Å²) in [6.07, 6.45) is -2.89. The Bertz CT molecular complexity index is 1600. The number of ether oxygens (including phenoxy) is 1. The number of sulfonamides is 1. The van der Waals surface area contributed by atoms with Crippen LogP contribution in [-0.4, -0.2) is 79.3 Å². The smallest absolute Gasteiger partial charge is 0.490 e. The van der Waals surface area contributed by atoms with Gasteiger partial charge in [-0.05, 0) is 55.7 Å². The van der Waals surface area contributed by atoms with E-state index in [1.54, 1.807) is 30.3 Å². The van der Waals surface area contributed by atoms with E-state index in [4.69, 9.17) is 24.6 Å². The minimum Gasteiger partial charge on any atom is -0.495 e. The predicted octanol–water partition coefficient (Wildman–Crippen LogP) is 3.54. The number of piperazine rings is 1. The first-order chi connectivity index (χ1) is 19.3. The van der Waals surface area contributed by atoms with E-state index in [-0.39, 0.29) is 4.90 Å². The number of rotatable bonds is 6. The van der Waals surface area contributed by atoms with Crippen molar-refractivity contribution in [3.05, 3.63) is 47.5 Å². The van der Waals surface area contributed by atoms with Gasteiger partial charge in [0.2, 0.25) is 10.0 Å². The van der Waals surface area contributed by atoms with E-state index >= 15 is 0 Å². The summed E-state index contributed by atoms with van der Waals surface area (Å²) in [6.45, 7) is 3.49. The molecular formula is C26H27F3N6O5S. The number of aryl methyl sites for hydroxylation is 1. The van der Waals surface area contributed by atoms with Crippen molar-refractivity contribution >= 4 is 38.7 Å². The minimum absolute atomic E-state index is 0.180. The molecule has 41 heavy (non-hydrogen) atoms. The summed E-state index contributed by atoms with van der Waals surface area (Å²) in [7, 11) is -2.21. The van der Waals surface area contributed by atoms with E-state index in [2.05, 4.69) is 16.3 Å². The summed E-state index contributed by atoms with van der Waals surface area (Å²) in [5.74, 6) is -1.00. The molecule has 1 aromatic heterocycles. The summed E-state index contributed by atoms with van der Waals surface area (Å²) in [5, 5.41) is 19.8. The molecule has 0 atom stereocenters. The fourth-order valence-electron chi connectivity index (χ4n) is 4.12. The molecule has 5 rings (SSSR count). The van der Waals surface area contributed by atoms with E-state index in [1.807, 2.05) is 13.0 Å². The molecule has 2 N–H and O–H groups in total. The van der Waals surface area contributed by atoms with Gasteiger partial charge in [-0.25, -0.2) is 23.2 Å². The van der Waals surface area contributed by atoms with Gasteiger partial charge in [0.25, 0.3) is 0 Å². The number of carboxylic acids is 1. The van der Waals surface area contributed by atoms with Gasteiger partial charge < -0.3 is 20.1 Å². The third kappa shape index (κ3) is 6.95. The Morgan fingerprint density at radius 1 is 1.10 bits per heavy atom. The number of halogens is 3. The fourth-order valence-corrected chi connectivity index (χ4v) is 5.68. The molecule has 1 aliphatic heterocycles. The number of benzene rings is 2. The van der Waals surface area contributed by atoms with Crippen LogP contribution in [0, 0.1) is 18.3 Å². The van der Waals surface area contributed by atoms with Gasteiger partial charge in [-0.15, -0.1) is 0 Å². The van der Waals surface area contributed by atoms with E-state index < -0.39 is 22.2 Å². The average molecular weight is 593 g/mol. The monoisotopic (exact) mass is 592 g/mol. The molecule has 2 fully saturated rings. The Hall–Kier alpha value is -4.16. The number of carbonyl (C=O) groups is 1. The summed E-state index contributed by atoms with van der Waals surface area (Å²) >= 11 is 0. The lowest BCUT2D eigenvalue weighted by molar-refractivity contribution is -0.192. The first-order valence-electron chi connectivity index (χ1n) is 12.5. The molecule has 0 amide bonds. The summed E-state index contributed by atoms with van der Waals surface area (Å²) in [6, 6.07) is 12.9. The second-order valence-electron chi connectivity index (χ2n) is 9.48. The molecule has 15 heteroatoms. The number of anilines is 2. The summed E-state index contributed by atoms with van der Waals surface area (Å²) in [4.78, 5) is 20.8. The number of hydrogen-bond donors (Lipinski definition) is 2. The minimum atomic E-state index is -5.08. The average Bonchev–Trinajstić information content (AvgIpc) is 3.76. The normalized spacial score (nSPS) is 16.0. The molecule has 2 aromatic carbocycles. The maximum atomic E-state index is 13.3. The molecule has 218 valence electrons. The lowest BCUT2D eigenvalue weighted by Gasteiger charge is -2.35. The number of fused-ring (bicyclic) bond motifs is 1. The summed E-state index contributed by atoms with van der Waals surface area (Å²) in [5.41, 5.74) is 2.83. The van der Waals surface area contributed by atoms with Crippen LogP contribution >= 0.6 is 0 Å². The van der Waals surface area contributed by atoms with Crippen molar-refractivity contribution < 1.29 is 36.2 Å². The van der Waals surface area contributed by atoms with Gasteiger partial charge >= 0.3 is 12.1 Å². The van der Waals surface area contributed by atoms with E-state index in [0.29, 0.717) is 60.7 Å². The fraction of sp³-hybridized carbons (Fsp3) is 0.385. The van der Waals surface area contributed by atoms with E-state index in [1.165, 1.54) is 11.4 Å². The second kappa shape index (κ2) is 11.8. The van der Waals surface area contributed by atoms with Gasteiger partial charge in [0.05, 0.1) is 29.8 Å². The molecular weight excluding hydrogens is 565 g/mol. The van der Waals surface area contributed by atoms with Crippen LogP contribution in [0.2, 0.25) is 0 Å². The van der Waals surface area contributed by atoms with Crippen LogP contribution in [0.3, 0.4) is 0 Å². The zero-order valence-corrected chi connectivity index (χ0v) is 23.0. The van der Waals surface area contributed by atoms with Gasteiger partial charge in [-0.2, -0.15) is 22.7 Å². The molecule has 1 saturated carbocycles. The van der Waals surface area contributed by atoms with Crippen molar-refractivity contribution in [1.29, 1.82) is 5.26 Å². The number of carboxylic acid groups (broad SMARTS) is 1.